The Morgan fingerprint density at radius 2 is 2.00 bits per heavy atom. The molecular weight excluding hydrogens is 230 g/mol. The van der Waals surface area contributed by atoms with Gasteiger partial charge in [-0.05, 0) is 49.1 Å². The topological polar surface area (TPSA) is 42.2 Å². The summed E-state index contributed by atoms with van der Waals surface area (Å²) < 4.78 is 4.37. The van der Waals surface area contributed by atoms with E-state index in [9.17, 15) is 0 Å². The molecule has 1 saturated heterocycles. The van der Waals surface area contributed by atoms with Crippen molar-refractivity contribution in [2.24, 2.45) is 5.92 Å². The smallest absolute Gasteiger partial charge is 0.142 e. The summed E-state index contributed by atoms with van der Waals surface area (Å²) in [4.78, 5) is 2.52. The zero-order valence-electron chi connectivity index (χ0n) is 10.5. The summed E-state index contributed by atoms with van der Waals surface area (Å²) >= 11 is 1.61. The van der Waals surface area contributed by atoms with Crippen molar-refractivity contribution in [3.63, 3.8) is 0 Å². The molecule has 1 aliphatic heterocycles. The molecule has 2 fully saturated rings. The van der Waals surface area contributed by atoms with Gasteiger partial charge in [-0.25, -0.2) is 0 Å². The average molecular weight is 251 g/mol. The summed E-state index contributed by atoms with van der Waals surface area (Å²) in [6.45, 7) is 4.69. The highest BCUT2D eigenvalue weighted by molar-refractivity contribution is 7.10. The van der Waals surface area contributed by atoms with E-state index < -0.39 is 0 Å². The molecular formula is C13H21N3S. The van der Waals surface area contributed by atoms with E-state index in [0.717, 1.165) is 11.7 Å². The predicted molar refractivity (Wildman–Crippen MR) is 73.7 cm³/mol. The molecule has 1 aliphatic carbocycles. The van der Waals surface area contributed by atoms with Gasteiger partial charge in [-0.1, -0.05) is 13.3 Å². The summed E-state index contributed by atoms with van der Waals surface area (Å²) in [6, 6.07) is 0. The van der Waals surface area contributed by atoms with Crippen molar-refractivity contribution < 1.29 is 0 Å². The van der Waals surface area contributed by atoms with Crippen LogP contribution >= 0.6 is 11.5 Å². The molecule has 17 heavy (non-hydrogen) atoms. The average Bonchev–Trinajstić information content (AvgIpc) is 3.13. The number of hydrogen-bond acceptors (Lipinski definition) is 4. The molecule has 0 unspecified atom stereocenters. The second-order valence-electron chi connectivity index (χ2n) is 5.40. The van der Waals surface area contributed by atoms with Crippen LogP contribution in [0.15, 0.2) is 0 Å². The van der Waals surface area contributed by atoms with E-state index in [2.05, 4.69) is 16.2 Å². The van der Waals surface area contributed by atoms with Crippen molar-refractivity contribution >= 4 is 22.4 Å². The molecule has 3 rings (SSSR count). The Hall–Kier alpha value is -0.770. The Morgan fingerprint density at radius 1 is 1.29 bits per heavy atom. The van der Waals surface area contributed by atoms with Crippen LogP contribution in [0.1, 0.15) is 50.5 Å². The molecule has 0 atom stereocenters. The van der Waals surface area contributed by atoms with Gasteiger partial charge in [0.15, 0.2) is 0 Å². The van der Waals surface area contributed by atoms with Gasteiger partial charge in [0.25, 0.3) is 0 Å². The number of aromatic nitrogens is 1. The van der Waals surface area contributed by atoms with Crippen LogP contribution in [0.4, 0.5) is 10.8 Å². The van der Waals surface area contributed by atoms with Crippen LogP contribution in [0.2, 0.25) is 0 Å². The quantitative estimate of drug-likeness (QED) is 0.897. The van der Waals surface area contributed by atoms with E-state index in [4.69, 9.17) is 5.73 Å². The number of anilines is 2. The first kappa shape index (κ1) is 11.3. The predicted octanol–water partition coefficient (Wildman–Crippen LogP) is 3.23. The number of rotatable bonds is 3. The summed E-state index contributed by atoms with van der Waals surface area (Å²) in [7, 11) is 0. The lowest BCUT2D eigenvalue weighted by atomic mass is 9.94. The molecule has 1 saturated carbocycles. The lowest BCUT2D eigenvalue weighted by molar-refractivity contribution is 0.396. The minimum absolute atomic E-state index is 0.715. The maximum atomic E-state index is 6.02. The molecule has 1 aromatic heterocycles. The zero-order chi connectivity index (χ0) is 11.8. The van der Waals surface area contributed by atoms with Gasteiger partial charge in [-0.15, -0.1) is 0 Å². The SMILES string of the molecule is CCC1CCN(c2snc(N)c2C2CC2)CC1. The highest BCUT2D eigenvalue weighted by Gasteiger charge is 2.33. The van der Waals surface area contributed by atoms with Crippen LogP contribution in [0, 0.1) is 5.92 Å². The second kappa shape index (κ2) is 4.48. The molecule has 4 heteroatoms. The van der Waals surface area contributed by atoms with Crippen LogP contribution in [-0.2, 0) is 0 Å². The highest BCUT2D eigenvalue weighted by atomic mass is 32.1. The summed E-state index contributed by atoms with van der Waals surface area (Å²) in [5.74, 6) is 2.44. The zero-order valence-corrected chi connectivity index (χ0v) is 11.3. The van der Waals surface area contributed by atoms with Crippen LogP contribution in [0.3, 0.4) is 0 Å². The Balaban J connectivity index is 1.76. The van der Waals surface area contributed by atoms with E-state index in [1.54, 1.807) is 11.5 Å². The number of nitrogens with zero attached hydrogens (tertiary/aromatic N) is 2. The fourth-order valence-corrected chi connectivity index (χ4v) is 3.78. The van der Waals surface area contributed by atoms with E-state index in [1.165, 1.54) is 55.8 Å². The molecule has 2 aliphatic rings. The Labute approximate surface area is 107 Å². The maximum Gasteiger partial charge on any atom is 0.142 e. The number of nitrogen functional groups attached to an aromatic ring is 1. The molecule has 0 amide bonds. The van der Waals surface area contributed by atoms with Gasteiger partial charge in [-0.2, -0.15) is 4.37 Å². The number of hydrogen-bond donors (Lipinski definition) is 1. The maximum absolute atomic E-state index is 6.02. The Morgan fingerprint density at radius 3 is 2.59 bits per heavy atom. The third-order valence-electron chi connectivity index (χ3n) is 4.20. The van der Waals surface area contributed by atoms with Crippen LogP contribution in [0.25, 0.3) is 0 Å². The van der Waals surface area contributed by atoms with Gasteiger partial charge >= 0.3 is 0 Å². The summed E-state index contributed by atoms with van der Waals surface area (Å²) in [5, 5.41) is 1.37. The van der Waals surface area contributed by atoms with Crippen LogP contribution in [-0.4, -0.2) is 17.5 Å². The minimum Gasteiger partial charge on any atom is -0.383 e. The van der Waals surface area contributed by atoms with Crippen LogP contribution < -0.4 is 10.6 Å². The van der Waals surface area contributed by atoms with Crippen molar-refractivity contribution in [2.75, 3.05) is 23.7 Å². The van der Waals surface area contributed by atoms with Gasteiger partial charge in [0.05, 0.1) is 0 Å². The van der Waals surface area contributed by atoms with E-state index in [1.807, 2.05) is 0 Å². The lowest BCUT2D eigenvalue weighted by Gasteiger charge is -2.32. The molecule has 0 spiro atoms. The van der Waals surface area contributed by atoms with Crippen molar-refractivity contribution in [1.29, 1.82) is 0 Å². The molecule has 1 aromatic rings. The van der Waals surface area contributed by atoms with E-state index >= 15 is 0 Å². The fraction of sp³-hybridized carbons (Fsp3) is 0.769. The molecule has 0 aromatic carbocycles. The minimum atomic E-state index is 0.715. The molecule has 2 N–H and O–H groups in total. The standard InChI is InChI=1S/C13H21N3S/c1-2-9-5-7-16(8-6-9)13-11(10-3-4-10)12(14)15-17-13/h9-10H,2-8H2,1H3,(H2,14,15). The lowest BCUT2D eigenvalue weighted by Crippen LogP contribution is -2.33. The summed E-state index contributed by atoms with van der Waals surface area (Å²) in [5.41, 5.74) is 7.38. The molecule has 0 bridgehead atoms. The van der Waals surface area contributed by atoms with Gasteiger partial charge in [0.2, 0.25) is 0 Å². The first-order valence-corrected chi connectivity index (χ1v) is 7.57. The van der Waals surface area contributed by atoms with Crippen molar-refractivity contribution in [2.45, 2.75) is 44.9 Å². The molecule has 0 radical (unpaired) electrons. The van der Waals surface area contributed by atoms with Gasteiger partial charge in [-0.3, -0.25) is 0 Å². The molecule has 94 valence electrons. The third kappa shape index (κ3) is 2.15. The monoisotopic (exact) mass is 251 g/mol. The van der Waals surface area contributed by atoms with Crippen molar-refractivity contribution in [3.8, 4) is 0 Å². The van der Waals surface area contributed by atoms with E-state index in [-0.39, 0.29) is 0 Å². The largest absolute Gasteiger partial charge is 0.383 e. The van der Waals surface area contributed by atoms with Gasteiger partial charge in [0, 0.05) is 18.7 Å². The highest BCUT2D eigenvalue weighted by Crippen LogP contribution is 2.49. The van der Waals surface area contributed by atoms with Crippen molar-refractivity contribution in [1.82, 2.24) is 4.37 Å². The Bertz CT molecular complexity index is 389. The Kier molecular flexibility index (Phi) is 2.99. The third-order valence-corrected chi connectivity index (χ3v) is 5.14. The number of piperidine rings is 1. The number of nitrogens with two attached hydrogens (primary N) is 1. The van der Waals surface area contributed by atoms with Crippen molar-refractivity contribution in [3.05, 3.63) is 5.56 Å². The second-order valence-corrected chi connectivity index (χ2v) is 6.15. The van der Waals surface area contributed by atoms with Gasteiger partial charge < -0.3 is 10.6 Å². The molecule has 3 nitrogen and oxygen atoms in total. The first-order chi connectivity index (χ1) is 8.29. The van der Waals surface area contributed by atoms with E-state index in [0.29, 0.717) is 5.92 Å². The summed E-state index contributed by atoms with van der Waals surface area (Å²) in [6.07, 6.45) is 6.60. The molecule has 2 heterocycles. The normalized spacial score (nSPS) is 22.1. The van der Waals surface area contributed by atoms with Gasteiger partial charge in [0.1, 0.15) is 10.8 Å². The first-order valence-electron chi connectivity index (χ1n) is 6.79. The fourth-order valence-electron chi connectivity index (χ4n) is 2.83. The van der Waals surface area contributed by atoms with Crippen LogP contribution in [0.5, 0.6) is 0 Å².